The maximum Gasteiger partial charge on any atom is 0.250 e. The molecule has 1 fully saturated rings. The molecule has 0 spiro atoms. The maximum absolute atomic E-state index is 6.42. The van der Waals surface area contributed by atoms with Crippen LogP contribution in [0.2, 0.25) is 18.1 Å². The summed E-state index contributed by atoms with van der Waals surface area (Å²) in [5.74, 6) is 1.20. The molecule has 0 bridgehead atoms. The van der Waals surface area contributed by atoms with E-state index in [4.69, 9.17) is 9.16 Å². The SMILES string of the molecule is CC(C)(C)[Si](C)(C)OC1=CCC(CCC2CCCCO2)=CC1. The first-order valence-corrected chi connectivity index (χ1v) is 11.9. The summed E-state index contributed by atoms with van der Waals surface area (Å²) in [5.41, 5.74) is 1.57. The molecule has 1 unspecified atom stereocenters. The van der Waals surface area contributed by atoms with Gasteiger partial charge in [0.05, 0.1) is 11.9 Å². The predicted octanol–water partition coefficient (Wildman–Crippen LogP) is 5.96. The zero-order chi connectivity index (χ0) is 16.2. The van der Waals surface area contributed by atoms with Crippen molar-refractivity contribution in [2.24, 2.45) is 0 Å². The van der Waals surface area contributed by atoms with Crippen LogP contribution < -0.4 is 0 Å². The van der Waals surface area contributed by atoms with E-state index in [0.29, 0.717) is 6.10 Å². The Hall–Kier alpha value is -0.543. The van der Waals surface area contributed by atoms with Crippen molar-refractivity contribution in [2.75, 3.05) is 6.61 Å². The first kappa shape index (κ1) is 17.8. The first-order chi connectivity index (χ1) is 10.3. The second kappa shape index (κ2) is 7.35. The normalized spacial score (nSPS) is 23.8. The van der Waals surface area contributed by atoms with E-state index in [1.165, 1.54) is 37.9 Å². The van der Waals surface area contributed by atoms with Gasteiger partial charge in [-0.25, -0.2) is 0 Å². The first-order valence-electron chi connectivity index (χ1n) is 8.95. The summed E-state index contributed by atoms with van der Waals surface area (Å²) >= 11 is 0. The Labute approximate surface area is 138 Å². The lowest BCUT2D eigenvalue weighted by molar-refractivity contribution is 0.0114. The Morgan fingerprint density at radius 2 is 1.95 bits per heavy atom. The van der Waals surface area contributed by atoms with Gasteiger partial charge in [-0.05, 0) is 62.7 Å². The van der Waals surface area contributed by atoms with Crippen molar-refractivity contribution in [3.63, 3.8) is 0 Å². The lowest BCUT2D eigenvalue weighted by Gasteiger charge is -2.37. The largest absolute Gasteiger partial charge is 0.547 e. The molecule has 1 aliphatic heterocycles. The zero-order valence-electron chi connectivity index (χ0n) is 15.2. The molecule has 1 aliphatic carbocycles. The molecule has 22 heavy (non-hydrogen) atoms. The van der Waals surface area contributed by atoms with Gasteiger partial charge in [0.25, 0.3) is 0 Å². The Bertz CT molecular complexity index is 423. The predicted molar refractivity (Wildman–Crippen MR) is 96.5 cm³/mol. The molecule has 0 aromatic rings. The highest BCUT2D eigenvalue weighted by Gasteiger charge is 2.39. The molecule has 0 amide bonds. The van der Waals surface area contributed by atoms with Crippen molar-refractivity contribution >= 4 is 8.32 Å². The van der Waals surface area contributed by atoms with E-state index in [-0.39, 0.29) is 5.04 Å². The Morgan fingerprint density at radius 1 is 1.18 bits per heavy atom. The molecule has 126 valence electrons. The van der Waals surface area contributed by atoms with Gasteiger partial charge in [0, 0.05) is 13.0 Å². The van der Waals surface area contributed by atoms with E-state index >= 15 is 0 Å². The summed E-state index contributed by atoms with van der Waals surface area (Å²) < 4.78 is 12.2. The van der Waals surface area contributed by atoms with E-state index < -0.39 is 8.32 Å². The quantitative estimate of drug-likeness (QED) is 0.459. The van der Waals surface area contributed by atoms with E-state index in [0.717, 1.165) is 19.4 Å². The van der Waals surface area contributed by atoms with Crippen molar-refractivity contribution < 1.29 is 9.16 Å². The summed E-state index contributed by atoms with van der Waals surface area (Å²) in [5, 5.41) is 0.274. The average Bonchev–Trinajstić information content (AvgIpc) is 2.46. The van der Waals surface area contributed by atoms with Gasteiger partial charge in [-0.3, -0.25) is 0 Å². The molecule has 0 aromatic carbocycles. The van der Waals surface area contributed by atoms with Crippen LogP contribution in [0.3, 0.4) is 0 Å². The molecule has 2 aliphatic rings. The third-order valence-electron chi connectivity index (χ3n) is 5.44. The third kappa shape index (κ3) is 4.99. The minimum atomic E-state index is -1.68. The van der Waals surface area contributed by atoms with Crippen LogP contribution in [0.1, 0.15) is 65.7 Å². The minimum absolute atomic E-state index is 0.274. The number of rotatable bonds is 5. The lowest BCUT2D eigenvalue weighted by Crippen LogP contribution is -2.40. The number of allylic oxidation sites excluding steroid dienone is 3. The van der Waals surface area contributed by atoms with Gasteiger partial charge in [-0.15, -0.1) is 0 Å². The van der Waals surface area contributed by atoms with Crippen LogP contribution in [-0.4, -0.2) is 21.0 Å². The van der Waals surface area contributed by atoms with E-state index in [9.17, 15) is 0 Å². The number of ether oxygens (including phenoxy) is 1. The summed E-state index contributed by atoms with van der Waals surface area (Å²) in [4.78, 5) is 0. The zero-order valence-corrected chi connectivity index (χ0v) is 16.2. The standard InChI is InChI=1S/C19H34O2Si/c1-19(2,3)22(4,5)21-18-13-10-16(11-14-18)9-12-17-8-6-7-15-20-17/h10,14,17H,6-9,11-13,15H2,1-5H3. The van der Waals surface area contributed by atoms with E-state index in [1.54, 1.807) is 5.57 Å². The van der Waals surface area contributed by atoms with Gasteiger partial charge < -0.3 is 9.16 Å². The van der Waals surface area contributed by atoms with Gasteiger partial charge in [0.1, 0.15) is 0 Å². The van der Waals surface area contributed by atoms with Crippen molar-refractivity contribution in [1.29, 1.82) is 0 Å². The summed E-state index contributed by atoms with van der Waals surface area (Å²) in [6, 6.07) is 0. The van der Waals surface area contributed by atoms with Crippen LogP contribution in [0.5, 0.6) is 0 Å². The van der Waals surface area contributed by atoms with Crippen molar-refractivity contribution in [2.45, 2.75) is 90.0 Å². The number of hydrogen-bond donors (Lipinski definition) is 0. The second-order valence-corrected chi connectivity index (χ2v) is 13.1. The van der Waals surface area contributed by atoms with Gasteiger partial charge in [0.15, 0.2) is 0 Å². The van der Waals surface area contributed by atoms with Crippen LogP contribution in [0.15, 0.2) is 23.5 Å². The number of hydrogen-bond acceptors (Lipinski definition) is 2. The second-order valence-electron chi connectivity index (χ2n) is 8.33. The molecule has 0 saturated carbocycles. The molecule has 1 heterocycles. The lowest BCUT2D eigenvalue weighted by atomic mass is 9.96. The molecule has 0 radical (unpaired) electrons. The summed E-state index contributed by atoms with van der Waals surface area (Å²) in [7, 11) is -1.68. The van der Waals surface area contributed by atoms with Crippen LogP contribution in [0.4, 0.5) is 0 Å². The van der Waals surface area contributed by atoms with Gasteiger partial charge in [-0.2, -0.15) is 0 Å². The molecule has 1 atom stereocenters. The fraction of sp³-hybridized carbons (Fsp3) is 0.789. The van der Waals surface area contributed by atoms with Crippen molar-refractivity contribution in [1.82, 2.24) is 0 Å². The fourth-order valence-corrected chi connectivity index (χ4v) is 3.93. The fourth-order valence-electron chi connectivity index (χ4n) is 2.81. The summed E-state index contributed by atoms with van der Waals surface area (Å²) in [6.45, 7) is 12.5. The average molecular weight is 323 g/mol. The third-order valence-corrected chi connectivity index (χ3v) is 9.82. The van der Waals surface area contributed by atoms with Crippen LogP contribution >= 0.6 is 0 Å². The highest BCUT2D eigenvalue weighted by molar-refractivity contribution is 6.74. The molecule has 3 heteroatoms. The molecule has 2 rings (SSSR count). The van der Waals surface area contributed by atoms with Gasteiger partial charge in [-0.1, -0.05) is 32.4 Å². The highest BCUT2D eigenvalue weighted by Crippen LogP contribution is 2.39. The molecule has 0 aromatic heterocycles. The van der Waals surface area contributed by atoms with Crippen molar-refractivity contribution in [3.8, 4) is 0 Å². The Morgan fingerprint density at radius 3 is 2.50 bits per heavy atom. The van der Waals surface area contributed by atoms with Crippen molar-refractivity contribution in [3.05, 3.63) is 23.5 Å². The summed E-state index contributed by atoms with van der Waals surface area (Å²) in [6.07, 6.45) is 13.5. The Kier molecular flexibility index (Phi) is 5.95. The molecular weight excluding hydrogens is 288 g/mol. The topological polar surface area (TPSA) is 18.5 Å². The maximum atomic E-state index is 6.42. The monoisotopic (exact) mass is 322 g/mol. The van der Waals surface area contributed by atoms with E-state index in [2.05, 4.69) is 46.0 Å². The molecular formula is C19H34O2Si. The molecule has 2 nitrogen and oxygen atoms in total. The molecule has 1 saturated heterocycles. The van der Waals surface area contributed by atoms with Gasteiger partial charge >= 0.3 is 0 Å². The van der Waals surface area contributed by atoms with Crippen LogP contribution in [0.25, 0.3) is 0 Å². The van der Waals surface area contributed by atoms with Crippen LogP contribution in [0, 0.1) is 0 Å². The highest BCUT2D eigenvalue weighted by atomic mass is 28.4. The Balaban J connectivity index is 1.76. The minimum Gasteiger partial charge on any atom is -0.547 e. The molecule has 0 N–H and O–H groups in total. The van der Waals surface area contributed by atoms with Gasteiger partial charge in [0.2, 0.25) is 8.32 Å². The smallest absolute Gasteiger partial charge is 0.250 e. The van der Waals surface area contributed by atoms with E-state index in [1.807, 2.05) is 0 Å². The van der Waals surface area contributed by atoms with Crippen LogP contribution in [-0.2, 0) is 9.16 Å².